The number of nitrogens with zero attached hydrogens (tertiary/aromatic N) is 4. The molecule has 1 aliphatic heterocycles. The zero-order valence-electron chi connectivity index (χ0n) is 44.1. The minimum Gasteiger partial charge on any atom is -0.661 e. The van der Waals surface area contributed by atoms with Crippen molar-refractivity contribution < 1.29 is 25.6 Å². The summed E-state index contributed by atoms with van der Waals surface area (Å²) in [6.45, 7) is 15.0. The van der Waals surface area contributed by atoms with Crippen molar-refractivity contribution in [3.63, 3.8) is 0 Å². The second-order valence-electron chi connectivity index (χ2n) is 19.9. The predicted octanol–water partition coefficient (Wildman–Crippen LogP) is 16.8. The summed E-state index contributed by atoms with van der Waals surface area (Å²) in [5.74, 6) is 7.48. The number of anilines is 2. The van der Waals surface area contributed by atoms with E-state index in [1.54, 1.807) is 11.3 Å². The fraction of sp³-hybridized carbons (Fsp3) is 0.267. The second kappa shape index (κ2) is 19.9. The van der Waals surface area contributed by atoms with Crippen LogP contribution >= 0.6 is 11.3 Å². The van der Waals surface area contributed by atoms with Gasteiger partial charge >= 0.3 is 155 Å². The first kappa shape index (κ1) is 43.2. The molecule has 0 amide bonds. The molecule has 1 unspecified atom stereocenters. The fourth-order valence-corrected chi connectivity index (χ4v) is 13.1. The molecule has 67 heavy (non-hydrogen) atoms. The maximum atomic E-state index is 8.95. The van der Waals surface area contributed by atoms with Gasteiger partial charge in [-0.05, 0) is 51.5 Å². The first-order valence-electron chi connectivity index (χ1n) is 25.1. The topological polar surface area (TPSA) is 43.1 Å². The van der Waals surface area contributed by atoms with Gasteiger partial charge in [-0.2, -0.15) is 29.5 Å². The van der Waals surface area contributed by atoms with Gasteiger partial charge in [0.2, 0.25) is 0 Å². The molecule has 340 valence electrons. The first-order chi connectivity index (χ1) is 33.2. The molecule has 6 aromatic carbocycles. The van der Waals surface area contributed by atoms with Gasteiger partial charge in [0.25, 0.3) is 0 Å². The van der Waals surface area contributed by atoms with Crippen molar-refractivity contribution in [2.45, 2.75) is 96.5 Å². The number of thiophene rings is 1. The van der Waals surface area contributed by atoms with Crippen LogP contribution in [0.3, 0.4) is 0 Å². The molecule has 0 saturated carbocycles. The van der Waals surface area contributed by atoms with E-state index in [1.165, 1.54) is 27.6 Å². The van der Waals surface area contributed by atoms with Crippen LogP contribution in [0.4, 0.5) is 17.1 Å². The average Bonchev–Trinajstić information content (AvgIpc) is 3.92. The van der Waals surface area contributed by atoms with E-state index in [9.17, 15) is 0 Å². The van der Waals surface area contributed by atoms with Crippen molar-refractivity contribution in [2.75, 3.05) is 4.90 Å². The molecule has 9 aromatic rings. The summed E-state index contributed by atoms with van der Waals surface area (Å²) in [6.07, 6.45) is -1.54. The van der Waals surface area contributed by atoms with Crippen molar-refractivity contribution in [1.29, 1.82) is 0 Å². The molecular weight excluding hydrogens is 1070 g/mol. The summed E-state index contributed by atoms with van der Waals surface area (Å²) in [5.41, 5.74) is 9.98. The minimum atomic E-state index is -2.24. The maximum Gasteiger partial charge on any atom is 3.00 e. The Balaban J connectivity index is 0.000000238. The number of hydrogen-bond acceptors (Lipinski definition) is 4. The van der Waals surface area contributed by atoms with Gasteiger partial charge in [0.15, 0.2) is 0 Å². The monoisotopic (exact) mass is 1140 g/mol. The Morgan fingerprint density at radius 2 is 1.46 bits per heavy atom. The van der Waals surface area contributed by atoms with Crippen molar-refractivity contribution in [2.24, 2.45) is 5.41 Å². The number of pyridine rings is 2. The summed E-state index contributed by atoms with van der Waals surface area (Å²) in [7, 11) is 0. The third-order valence-electron chi connectivity index (χ3n) is 12.0. The van der Waals surface area contributed by atoms with Gasteiger partial charge in [-0.3, -0.25) is 0 Å². The van der Waals surface area contributed by atoms with Crippen LogP contribution in [-0.2, 0) is 32.9 Å². The largest absolute Gasteiger partial charge is 3.00 e. The molecule has 3 aromatic heterocycles. The molecule has 0 saturated heterocycles. The van der Waals surface area contributed by atoms with Gasteiger partial charge in [0, 0.05) is 31.6 Å². The van der Waals surface area contributed by atoms with E-state index < -0.39 is 31.4 Å². The van der Waals surface area contributed by atoms with E-state index in [0.29, 0.717) is 23.1 Å². The molecular formula is C60H61GeIrN4S. The van der Waals surface area contributed by atoms with Gasteiger partial charge in [0.05, 0.1) is 0 Å². The molecule has 4 heterocycles. The Morgan fingerprint density at radius 1 is 0.746 bits per heavy atom. The van der Waals surface area contributed by atoms with Crippen LogP contribution < -0.4 is 9.30 Å². The van der Waals surface area contributed by atoms with E-state index in [2.05, 4.69) is 128 Å². The van der Waals surface area contributed by atoms with Crippen LogP contribution in [0.25, 0.3) is 47.6 Å². The van der Waals surface area contributed by atoms with Crippen LogP contribution in [0, 0.1) is 17.5 Å². The standard InChI is InChI=1S/C41H35N3S.C19H26GeN.Ir/c1-25(2)30-16-10-17-31(26(3)4)37(30)44-38-32-15-9-8-14-28(32)20-23-36(38)43-40(44)35-19-11-18-33-34-22-21-29(42-41(34)45-39(33)35)24-27-12-6-5-7-13-27;1-19(2,3)13-16-12-18(15-10-8-7-9-11-15)21-14-17(16)20(4,5)6;/h5-18,20-23,25-26,40H,24H2,1-4H3;7-10,12,14H,13H2,1-6H3;/q-2;-1;+3/i24D2;13D2;. The van der Waals surface area contributed by atoms with Gasteiger partial charge in [-0.25, -0.2) is 4.98 Å². The fourth-order valence-electron chi connectivity index (χ4n) is 8.96. The van der Waals surface area contributed by atoms with Crippen molar-refractivity contribution in [1.82, 2.24) is 9.97 Å². The van der Waals surface area contributed by atoms with Gasteiger partial charge in [-0.1, -0.05) is 123 Å². The molecule has 0 spiro atoms. The number of hydrogen-bond donors (Lipinski definition) is 0. The normalized spacial score (nSPS) is 15.0. The molecule has 0 radical (unpaired) electrons. The van der Waals surface area contributed by atoms with Crippen LogP contribution in [0.1, 0.15) is 105 Å². The average molecular weight is 1140 g/mol. The Labute approximate surface area is 424 Å². The molecule has 4 nitrogen and oxygen atoms in total. The van der Waals surface area contributed by atoms with Crippen molar-refractivity contribution in [3.05, 3.63) is 197 Å². The minimum absolute atomic E-state index is 0. The van der Waals surface area contributed by atoms with E-state index >= 15 is 0 Å². The van der Waals surface area contributed by atoms with E-state index in [4.69, 9.17) is 15.8 Å². The quantitative estimate of drug-likeness (QED) is 0.107. The number of fused-ring (bicyclic) bond motifs is 6. The van der Waals surface area contributed by atoms with E-state index in [-0.39, 0.29) is 26.3 Å². The molecule has 0 bridgehead atoms. The first-order valence-corrected chi connectivity index (χ1v) is 31.3. The number of para-hydroxylation sites is 1. The SMILES string of the molecule is [2H]C([2H])(c1cc(-c2[c-]cccc2)nc[c]1[Ge]([CH3])([CH3])[CH3])C(C)(C)C.[2H]C([2H])(c1ccccc1)c1ccc2c(n1)sc1c(C3[N-]c4ccc5ccccc5c4N3c3c(C(C)C)cccc3C(C)C)[c-]ccc12.[Ir+3]. The molecule has 1 atom stereocenters. The smallest absolute Gasteiger partial charge is 0.661 e. The molecule has 0 aliphatic carbocycles. The summed E-state index contributed by atoms with van der Waals surface area (Å²) in [4.78, 5) is 12.9. The van der Waals surface area contributed by atoms with Gasteiger partial charge < -0.3 is 10.2 Å². The van der Waals surface area contributed by atoms with Crippen molar-refractivity contribution >= 4 is 77.1 Å². The van der Waals surface area contributed by atoms with Crippen molar-refractivity contribution in [3.8, 4) is 11.3 Å². The molecule has 7 heteroatoms. The Kier molecular flexibility index (Phi) is 12.8. The maximum absolute atomic E-state index is 8.95. The predicted molar refractivity (Wildman–Crippen MR) is 286 cm³/mol. The third kappa shape index (κ3) is 10.2. The number of aromatic nitrogens is 2. The summed E-state index contributed by atoms with van der Waals surface area (Å²) in [6, 6.07) is 53.4. The van der Waals surface area contributed by atoms with Crippen LogP contribution in [-0.4, -0.2) is 23.2 Å². The third-order valence-corrected chi connectivity index (χ3v) is 17.4. The Morgan fingerprint density at radius 3 is 2.15 bits per heavy atom. The van der Waals surface area contributed by atoms with Crippen LogP contribution in [0.5, 0.6) is 0 Å². The molecule has 0 fully saturated rings. The van der Waals surface area contributed by atoms with Gasteiger partial charge in [-0.15, -0.1) is 16.6 Å². The Hall–Kier alpha value is -5.11. The molecule has 10 rings (SSSR count). The van der Waals surface area contributed by atoms with E-state index in [1.807, 2.05) is 106 Å². The zero-order valence-corrected chi connectivity index (χ0v) is 45.4. The van der Waals surface area contributed by atoms with Crippen LogP contribution in [0.2, 0.25) is 17.3 Å². The molecule has 1 aliphatic rings. The van der Waals surface area contributed by atoms with E-state index in [0.717, 1.165) is 58.5 Å². The summed E-state index contributed by atoms with van der Waals surface area (Å²) in [5, 5.41) is 9.95. The van der Waals surface area contributed by atoms with Crippen LogP contribution in [0.15, 0.2) is 146 Å². The Bertz CT molecular complexity index is 3340. The van der Waals surface area contributed by atoms with Gasteiger partial charge in [0.1, 0.15) is 4.83 Å². The molecule has 0 N–H and O–H groups in total. The summed E-state index contributed by atoms with van der Waals surface area (Å²) >= 11 is -0.635. The zero-order chi connectivity index (χ0) is 49.9. The number of rotatable bonds is 9. The summed E-state index contributed by atoms with van der Waals surface area (Å²) < 4.78 is 37.6. The second-order valence-corrected chi connectivity index (χ2v) is 31.5. The number of benzene rings is 6.